The van der Waals surface area contributed by atoms with E-state index in [2.05, 4.69) is 20.3 Å². The first kappa shape index (κ1) is 13.6. The summed E-state index contributed by atoms with van der Waals surface area (Å²) in [6.45, 7) is 0. The maximum atomic E-state index is 11.4. The molecule has 0 fully saturated rings. The standard InChI is InChI=1S/C11H10ClN5OS/c1-19-11-16-8(12)7(9(13)18)10(17-11)15-6-3-2-4-14-5-6/h2-5H,1H3,(H2,13,18)(H,15,16,17). The molecule has 0 spiro atoms. The Morgan fingerprint density at radius 2 is 2.26 bits per heavy atom. The van der Waals surface area contributed by atoms with E-state index < -0.39 is 5.91 Å². The van der Waals surface area contributed by atoms with Crippen LogP contribution < -0.4 is 11.1 Å². The smallest absolute Gasteiger partial charge is 0.255 e. The maximum absolute atomic E-state index is 11.4. The summed E-state index contributed by atoms with van der Waals surface area (Å²) in [6, 6.07) is 3.54. The van der Waals surface area contributed by atoms with Crippen LogP contribution in [0.5, 0.6) is 0 Å². The summed E-state index contributed by atoms with van der Waals surface area (Å²) in [5.41, 5.74) is 6.03. The molecule has 1 amide bonds. The van der Waals surface area contributed by atoms with Crippen LogP contribution in [-0.4, -0.2) is 27.1 Å². The van der Waals surface area contributed by atoms with Crippen LogP contribution in [0.4, 0.5) is 11.5 Å². The Kier molecular flexibility index (Phi) is 4.18. The Morgan fingerprint density at radius 3 is 2.84 bits per heavy atom. The van der Waals surface area contributed by atoms with E-state index in [1.165, 1.54) is 11.8 Å². The molecule has 0 aromatic carbocycles. The van der Waals surface area contributed by atoms with E-state index >= 15 is 0 Å². The Morgan fingerprint density at radius 1 is 1.47 bits per heavy atom. The van der Waals surface area contributed by atoms with Gasteiger partial charge in [-0.15, -0.1) is 0 Å². The number of anilines is 2. The van der Waals surface area contributed by atoms with Crippen molar-refractivity contribution in [3.63, 3.8) is 0 Å². The fourth-order valence-electron chi connectivity index (χ4n) is 1.39. The van der Waals surface area contributed by atoms with Gasteiger partial charge in [-0.1, -0.05) is 23.4 Å². The molecule has 0 saturated carbocycles. The summed E-state index contributed by atoms with van der Waals surface area (Å²) < 4.78 is 0. The summed E-state index contributed by atoms with van der Waals surface area (Å²) in [7, 11) is 0. The van der Waals surface area contributed by atoms with Crippen molar-refractivity contribution >= 4 is 40.8 Å². The van der Waals surface area contributed by atoms with Gasteiger partial charge in [0, 0.05) is 6.20 Å². The molecule has 6 nitrogen and oxygen atoms in total. The second kappa shape index (κ2) is 5.85. The lowest BCUT2D eigenvalue weighted by molar-refractivity contribution is 0.100. The van der Waals surface area contributed by atoms with Crippen LogP contribution in [0.3, 0.4) is 0 Å². The predicted molar refractivity (Wildman–Crippen MR) is 74.9 cm³/mol. The Balaban J connectivity index is 2.48. The van der Waals surface area contributed by atoms with E-state index in [1.807, 2.05) is 6.26 Å². The van der Waals surface area contributed by atoms with Gasteiger partial charge in [-0.25, -0.2) is 9.97 Å². The number of aromatic nitrogens is 3. The number of hydrogen-bond acceptors (Lipinski definition) is 6. The number of primary amides is 1. The Hall–Kier alpha value is -1.86. The minimum atomic E-state index is -0.691. The third kappa shape index (κ3) is 3.12. The SMILES string of the molecule is CSc1nc(Cl)c(C(N)=O)c(Nc2cccnc2)n1. The average molecular weight is 296 g/mol. The topological polar surface area (TPSA) is 93.8 Å². The molecule has 0 unspecified atom stereocenters. The largest absolute Gasteiger partial charge is 0.365 e. The van der Waals surface area contributed by atoms with Gasteiger partial charge < -0.3 is 11.1 Å². The van der Waals surface area contributed by atoms with E-state index in [0.717, 1.165) is 0 Å². The summed E-state index contributed by atoms with van der Waals surface area (Å²) in [5, 5.41) is 3.43. The second-order valence-corrected chi connectivity index (χ2v) is 4.59. The highest BCUT2D eigenvalue weighted by Crippen LogP contribution is 2.26. The van der Waals surface area contributed by atoms with Crippen LogP contribution in [0.25, 0.3) is 0 Å². The lowest BCUT2D eigenvalue weighted by Crippen LogP contribution is -2.16. The van der Waals surface area contributed by atoms with Crippen molar-refractivity contribution in [2.75, 3.05) is 11.6 Å². The van der Waals surface area contributed by atoms with Gasteiger partial charge in [-0.3, -0.25) is 9.78 Å². The number of nitrogens with zero attached hydrogens (tertiary/aromatic N) is 3. The summed E-state index contributed by atoms with van der Waals surface area (Å²) in [4.78, 5) is 23.6. The fraction of sp³-hybridized carbons (Fsp3) is 0.0909. The van der Waals surface area contributed by atoms with Crippen LogP contribution in [0.15, 0.2) is 29.7 Å². The third-order valence-electron chi connectivity index (χ3n) is 2.20. The first-order valence-corrected chi connectivity index (χ1v) is 6.80. The normalized spacial score (nSPS) is 10.2. The molecule has 0 aliphatic rings. The predicted octanol–water partition coefficient (Wildman–Crippen LogP) is 2.09. The van der Waals surface area contributed by atoms with Gasteiger partial charge in [-0.2, -0.15) is 0 Å². The number of rotatable bonds is 4. The quantitative estimate of drug-likeness (QED) is 0.509. The molecule has 2 heterocycles. The van der Waals surface area contributed by atoms with E-state index in [0.29, 0.717) is 10.8 Å². The molecule has 0 atom stereocenters. The van der Waals surface area contributed by atoms with Crippen molar-refractivity contribution in [2.24, 2.45) is 5.73 Å². The average Bonchev–Trinajstić information content (AvgIpc) is 2.38. The zero-order valence-corrected chi connectivity index (χ0v) is 11.5. The molecule has 0 aliphatic heterocycles. The molecule has 98 valence electrons. The van der Waals surface area contributed by atoms with Crippen molar-refractivity contribution in [1.29, 1.82) is 0 Å². The van der Waals surface area contributed by atoms with Gasteiger partial charge in [0.15, 0.2) is 5.16 Å². The molecular formula is C11H10ClN5OS. The third-order valence-corrected chi connectivity index (χ3v) is 3.02. The molecular weight excluding hydrogens is 286 g/mol. The molecule has 2 rings (SSSR count). The number of nitrogens with one attached hydrogen (secondary N) is 1. The number of halogens is 1. The maximum Gasteiger partial charge on any atom is 0.255 e. The van der Waals surface area contributed by atoms with Crippen LogP contribution in [0.1, 0.15) is 10.4 Å². The first-order valence-electron chi connectivity index (χ1n) is 5.20. The number of pyridine rings is 1. The molecule has 3 N–H and O–H groups in total. The molecule has 0 aliphatic carbocycles. The minimum absolute atomic E-state index is 0.0261. The lowest BCUT2D eigenvalue weighted by Gasteiger charge is -2.10. The van der Waals surface area contributed by atoms with Gasteiger partial charge >= 0.3 is 0 Å². The summed E-state index contributed by atoms with van der Waals surface area (Å²) in [6.07, 6.45) is 5.05. The second-order valence-electron chi connectivity index (χ2n) is 3.46. The number of amides is 1. The van der Waals surface area contributed by atoms with Gasteiger partial charge in [-0.05, 0) is 18.4 Å². The lowest BCUT2D eigenvalue weighted by atomic mass is 10.3. The molecule has 2 aromatic heterocycles. The fourth-order valence-corrected chi connectivity index (χ4v) is 2.07. The number of nitrogens with two attached hydrogens (primary N) is 1. The van der Waals surface area contributed by atoms with Crippen molar-refractivity contribution in [3.8, 4) is 0 Å². The Labute approximate surface area is 118 Å². The van der Waals surface area contributed by atoms with Crippen LogP contribution in [0.2, 0.25) is 5.15 Å². The highest BCUT2D eigenvalue weighted by molar-refractivity contribution is 7.98. The zero-order chi connectivity index (χ0) is 13.8. The molecule has 0 saturated heterocycles. The summed E-state index contributed by atoms with van der Waals surface area (Å²) in [5.74, 6) is -0.422. The zero-order valence-electron chi connectivity index (χ0n) is 9.92. The van der Waals surface area contributed by atoms with Gasteiger partial charge in [0.2, 0.25) is 0 Å². The van der Waals surface area contributed by atoms with E-state index in [-0.39, 0.29) is 16.5 Å². The van der Waals surface area contributed by atoms with Crippen LogP contribution in [-0.2, 0) is 0 Å². The van der Waals surface area contributed by atoms with Crippen molar-refractivity contribution in [3.05, 3.63) is 35.2 Å². The van der Waals surface area contributed by atoms with Crippen LogP contribution in [0, 0.1) is 0 Å². The van der Waals surface area contributed by atoms with Crippen molar-refractivity contribution in [2.45, 2.75) is 5.16 Å². The van der Waals surface area contributed by atoms with Gasteiger partial charge in [0.25, 0.3) is 5.91 Å². The highest BCUT2D eigenvalue weighted by atomic mass is 35.5. The molecule has 8 heteroatoms. The molecule has 2 aromatic rings. The molecule has 19 heavy (non-hydrogen) atoms. The van der Waals surface area contributed by atoms with Crippen molar-refractivity contribution in [1.82, 2.24) is 15.0 Å². The van der Waals surface area contributed by atoms with E-state index in [4.69, 9.17) is 17.3 Å². The highest BCUT2D eigenvalue weighted by Gasteiger charge is 2.17. The number of thioether (sulfide) groups is 1. The minimum Gasteiger partial charge on any atom is -0.365 e. The molecule has 0 radical (unpaired) electrons. The van der Waals surface area contributed by atoms with Crippen LogP contribution >= 0.6 is 23.4 Å². The number of carbonyl (C=O) groups excluding carboxylic acids is 1. The van der Waals surface area contributed by atoms with E-state index in [9.17, 15) is 4.79 Å². The number of hydrogen-bond donors (Lipinski definition) is 2. The summed E-state index contributed by atoms with van der Waals surface area (Å²) >= 11 is 7.27. The van der Waals surface area contributed by atoms with E-state index in [1.54, 1.807) is 24.5 Å². The van der Waals surface area contributed by atoms with Crippen molar-refractivity contribution < 1.29 is 4.79 Å². The van der Waals surface area contributed by atoms with Gasteiger partial charge in [0.1, 0.15) is 16.5 Å². The first-order chi connectivity index (χ1) is 9.11. The molecule has 0 bridgehead atoms. The monoisotopic (exact) mass is 295 g/mol. The Bertz CT molecular complexity index is 608. The number of carbonyl (C=O) groups is 1. The van der Waals surface area contributed by atoms with Gasteiger partial charge in [0.05, 0.1) is 11.9 Å².